The van der Waals surface area contributed by atoms with Gasteiger partial charge in [0, 0.05) is 12.8 Å². The van der Waals surface area contributed by atoms with Gasteiger partial charge in [-0.3, -0.25) is 0 Å². The quantitative estimate of drug-likeness (QED) is 0.715. The highest BCUT2D eigenvalue weighted by atomic mass is 32.2. The van der Waals surface area contributed by atoms with E-state index in [1.165, 1.54) is 18.2 Å². The van der Waals surface area contributed by atoms with Crippen molar-refractivity contribution in [1.29, 1.82) is 0 Å². The van der Waals surface area contributed by atoms with Gasteiger partial charge in [-0.15, -0.1) is 0 Å². The second-order valence-corrected chi connectivity index (χ2v) is 8.56. The molecule has 0 spiro atoms. The molecule has 9 heteroatoms. The van der Waals surface area contributed by atoms with Crippen molar-refractivity contribution in [3.05, 3.63) is 29.8 Å². The lowest BCUT2D eigenvalue weighted by atomic mass is 10.2. The van der Waals surface area contributed by atoms with Crippen LogP contribution >= 0.6 is 0 Å². The molecule has 0 heterocycles. The van der Waals surface area contributed by atoms with Crippen LogP contribution < -0.4 is 10.0 Å². The number of amides is 2. The SMILES string of the molecule is CCCCNC(=O)NS(=O)(=O)Cc1ccccc1S(C)(=O)=O. The van der Waals surface area contributed by atoms with E-state index in [9.17, 15) is 21.6 Å². The van der Waals surface area contributed by atoms with Gasteiger partial charge < -0.3 is 5.32 Å². The number of carbonyl (C=O) groups excluding carboxylic acids is 1. The molecule has 0 aliphatic rings. The number of hydrogen-bond donors (Lipinski definition) is 2. The summed E-state index contributed by atoms with van der Waals surface area (Å²) in [6.45, 7) is 2.32. The van der Waals surface area contributed by atoms with Gasteiger partial charge in [-0.2, -0.15) is 0 Å². The van der Waals surface area contributed by atoms with Gasteiger partial charge in [-0.25, -0.2) is 26.4 Å². The molecule has 0 aliphatic carbocycles. The first-order chi connectivity index (χ1) is 10.2. The topological polar surface area (TPSA) is 109 Å². The molecule has 0 atom stereocenters. The monoisotopic (exact) mass is 348 g/mol. The average molecular weight is 348 g/mol. The minimum atomic E-state index is -3.98. The predicted molar refractivity (Wildman–Crippen MR) is 83.6 cm³/mol. The molecular weight excluding hydrogens is 328 g/mol. The first-order valence-electron chi connectivity index (χ1n) is 6.72. The standard InChI is InChI=1S/C13H20N2O5S2/c1-3-4-9-14-13(16)15-22(19,20)10-11-7-5-6-8-12(11)21(2,17)18/h5-8H,3-4,9-10H2,1-2H3,(H2,14,15,16). The third-order valence-corrected chi connectivity index (χ3v) is 5.17. The maximum Gasteiger partial charge on any atom is 0.328 e. The maximum atomic E-state index is 12.0. The van der Waals surface area contributed by atoms with E-state index < -0.39 is 31.6 Å². The van der Waals surface area contributed by atoms with Crippen LogP contribution in [0, 0.1) is 0 Å². The molecule has 0 bridgehead atoms. The molecule has 0 aromatic heterocycles. The smallest absolute Gasteiger partial charge is 0.328 e. The third-order valence-electron chi connectivity index (χ3n) is 2.78. The van der Waals surface area contributed by atoms with Gasteiger partial charge in [0.2, 0.25) is 10.0 Å². The molecule has 0 fully saturated rings. The number of sulfone groups is 1. The summed E-state index contributed by atoms with van der Waals surface area (Å²) >= 11 is 0. The van der Waals surface area contributed by atoms with Gasteiger partial charge in [0.1, 0.15) is 0 Å². The number of carbonyl (C=O) groups is 1. The molecule has 7 nitrogen and oxygen atoms in total. The number of sulfonamides is 1. The Balaban J connectivity index is 2.84. The minimum absolute atomic E-state index is 0.0632. The lowest BCUT2D eigenvalue weighted by Crippen LogP contribution is -2.40. The Kier molecular flexibility index (Phi) is 6.36. The van der Waals surface area contributed by atoms with Gasteiger partial charge >= 0.3 is 6.03 Å². The summed E-state index contributed by atoms with van der Waals surface area (Å²) in [5.74, 6) is -0.586. The van der Waals surface area contributed by atoms with Gasteiger partial charge in [-0.1, -0.05) is 31.5 Å². The molecule has 2 amide bonds. The van der Waals surface area contributed by atoms with Crippen LogP contribution in [-0.2, 0) is 25.6 Å². The Labute approximate surface area is 131 Å². The van der Waals surface area contributed by atoms with Crippen LogP contribution in [-0.4, -0.2) is 35.7 Å². The Morgan fingerprint density at radius 2 is 1.77 bits per heavy atom. The van der Waals surface area contributed by atoms with Crippen molar-refractivity contribution in [2.24, 2.45) is 0 Å². The Hall–Kier alpha value is -1.61. The van der Waals surface area contributed by atoms with E-state index in [2.05, 4.69) is 5.32 Å². The molecule has 22 heavy (non-hydrogen) atoms. The van der Waals surface area contributed by atoms with Crippen LogP contribution in [0.1, 0.15) is 25.3 Å². The summed E-state index contributed by atoms with van der Waals surface area (Å²) in [5.41, 5.74) is 0.124. The van der Waals surface area contributed by atoms with Crippen LogP contribution in [0.25, 0.3) is 0 Å². The second-order valence-electron chi connectivity index (χ2n) is 4.85. The van der Waals surface area contributed by atoms with Crippen molar-refractivity contribution < 1.29 is 21.6 Å². The van der Waals surface area contributed by atoms with Gasteiger partial charge in [0.15, 0.2) is 9.84 Å². The predicted octanol–water partition coefficient (Wildman–Crippen LogP) is 1.02. The maximum absolute atomic E-state index is 12.0. The first kappa shape index (κ1) is 18.4. The fourth-order valence-corrected chi connectivity index (χ4v) is 3.90. The van der Waals surface area contributed by atoms with Gasteiger partial charge in [-0.05, 0) is 18.1 Å². The summed E-state index contributed by atoms with van der Waals surface area (Å²) in [4.78, 5) is 11.4. The third kappa shape index (κ3) is 6.02. The van der Waals surface area contributed by atoms with Crippen molar-refractivity contribution in [2.75, 3.05) is 12.8 Å². The Bertz CT molecular complexity index is 727. The fraction of sp³-hybridized carbons (Fsp3) is 0.462. The highest BCUT2D eigenvalue weighted by Crippen LogP contribution is 2.17. The first-order valence-corrected chi connectivity index (χ1v) is 10.3. The van der Waals surface area contributed by atoms with Crippen molar-refractivity contribution in [3.63, 3.8) is 0 Å². The number of nitrogens with one attached hydrogen (secondary N) is 2. The molecule has 124 valence electrons. The van der Waals surface area contributed by atoms with E-state index >= 15 is 0 Å². The number of rotatable bonds is 7. The van der Waals surface area contributed by atoms with Crippen molar-refractivity contribution in [1.82, 2.24) is 10.0 Å². The number of urea groups is 1. The van der Waals surface area contributed by atoms with Crippen LogP contribution in [0.4, 0.5) is 4.79 Å². The average Bonchev–Trinajstić information content (AvgIpc) is 2.37. The fourth-order valence-electron chi connectivity index (χ4n) is 1.78. The molecule has 0 radical (unpaired) electrons. The lowest BCUT2D eigenvalue weighted by Gasteiger charge is -2.10. The van der Waals surface area contributed by atoms with Gasteiger partial charge in [0.05, 0.1) is 10.6 Å². The molecule has 2 N–H and O–H groups in total. The molecule has 0 saturated heterocycles. The normalized spacial score (nSPS) is 11.9. The number of benzene rings is 1. The molecular formula is C13H20N2O5S2. The van der Waals surface area contributed by atoms with Gasteiger partial charge in [0.25, 0.3) is 0 Å². The molecule has 0 saturated carbocycles. The van der Waals surface area contributed by atoms with Crippen LogP contribution in [0.5, 0.6) is 0 Å². The van der Waals surface area contributed by atoms with Crippen LogP contribution in [0.15, 0.2) is 29.2 Å². The zero-order valence-corrected chi connectivity index (χ0v) is 14.1. The van der Waals surface area contributed by atoms with E-state index in [-0.39, 0.29) is 10.5 Å². The second kappa shape index (κ2) is 7.59. The largest absolute Gasteiger partial charge is 0.337 e. The van der Waals surface area contributed by atoms with E-state index in [1.54, 1.807) is 6.07 Å². The zero-order chi connectivity index (χ0) is 16.8. The number of unbranched alkanes of at least 4 members (excludes halogenated alkanes) is 1. The lowest BCUT2D eigenvalue weighted by molar-refractivity contribution is 0.245. The van der Waals surface area contributed by atoms with Crippen molar-refractivity contribution >= 4 is 25.9 Å². The molecule has 1 aromatic carbocycles. The molecule has 0 aliphatic heterocycles. The Morgan fingerprint density at radius 1 is 1.14 bits per heavy atom. The Morgan fingerprint density at radius 3 is 2.36 bits per heavy atom. The summed E-state index contributed by atoms with van der Waals surface area (Å²) in [7, 11) is -7.52. The summed E-state index contributed by atoms with van der Waals surface area (Å²) in [6.07, 6.45) is 2.61. The van der Waals surface area contributed by atoms with E-state index in [4.69, 9.17) is 0 Å². The molecule has 1 rings (SSSR count). The summed E-state index contributed by atoms with van der Waals surface area (Å²) < 4.78 is 49.1. The van der Waals surface area contributed by atoms with E-state index in [0.29, 0.717) is 6.54 Å². The zero-order valence-electron chi connectivity index (χ0n) is 12.5. The summed E-state index contributed by atoms with van der Waals surface area (Å²) in [6, 6.07) is 4.98. The van der Waals surface area contributed by atoms with E-state index in [1.807, 2.05) is 11.6 Å². The highest BCUT2D eigenvalue weighted by Gasteiger charge is 2.20. The molecule has 0 unspecified atom stereocenters. The minimum Gasteiger partial charge on any atom is -0.337 e. The highest BCUT2D eigenvalue weighted by molar-refractivity contribution is 7.91. The van der Waals surface area contributed by atoms with Crippen molar-refractivity contribution in [2.45, 2.75) is 30.4 Å². The van der Waals surface area contributed by atoms with Crippen LogP contribution in [0.3, 0.4) is 0 Å². The molecule has 1 aromatic rings. The summed E-state index contributed by atoms with van der Waals surface area (Å²) in [5, 5.41) is 2.42. The van der Waals surface area contributed by atoms with Crippen molar-refractivity contribution in [3.8, 4) is 0 Å². The van der Waals surface area contributed by atoms with E-state index in [0.717, 1.165) is 19.1 Å². The van der Waals surface area contributed by atoms with Crippen LogP contribution in [0.2, 0.25) is 0 Å². The number of hydrogen-bond acceptors (Lipinski definition) is 5.